The molecule has 1 saturated heterocycles. The smallest absolute Gasteiger partial charge is 0.154 e. The summed E-state index contributed by atoms with van der Waals surface area (Å²) in [4.78, 5) is 6.38. The van der Waals surface area contributed by atoms with Gasteiger partial charge in [0.25, 0.3) is 0 Å². The number of hydrogen-bond donors (Lipinski definition) is 0. The van der Waals surface area contributed by atoms with Crippen molar-refractivity contribution in [3.63, 3.8) is 0 Å². The van der Waals surface area contributed by atoms with Gasteiger partial charge in [-0.05, 0) is 35.0 Å². The molecule has 6 heteroatoms. The molecule has 2 rings (SSSR count). The van der Waals surface area contributed by atoms with E-state index in [0.29, 0.717) is 6.54 Å². The molecule has 0 saturated carbocycles. The number of aromatic nitrogens is 1. The first-order chi connectivity index (χ1) is 7.48. The standard InChI is InChI=1S/C10H13BrN2O2S/c1-8-7-16(14,15)6-5-13(8)10-4-2-3-9(11)12-10/h2-4,8H,5-7H2,1H3. The average molecular weight is 305 g/mol. The minimum Gasteiger partial charge on any atom is -0.352 e. The lowest BCUT2D eigenvalue weighted by molar-refractivity contribution is 0.567. The summed E-state index contributed by atoms with van der Waals surface area (Å²) in [6, 6.07) is 5.65. The Morgan fingerprint density at radius 3 is 2.88 bits per heavy atom. The highest BCUT2D eigenvalue weighted by Crippen LogP contribution is 2.21. The lowest BCUT2D eigenvalue weighted by atomic mass is 10.3. The summed E-state index contributed by atoms with van der Waals surface area (Å²) in [6.07, 6.45) is 0. The minimum absolute atomic E-state index is 0.0134. The second kappa shape index (κ2) is 4.33. The summed E-state index contributed by atoms with van der Waals surface area (Å²) in [5.41, 5.74) is 0. The minimum atomic E-state index is -2.86. The SMILES string of the molecule is CC1CS(=O)(=O)CCN1c1cccc(Br)n1. The first-order valence-electron chi connectivity index (χ1n) is 5.07. The van der Waals surface area contributed by atoms with E-state index in [1.165, 1.54) is 0 Å². The Bertz CT molecular complexity index is 489. The first kappa shape index (κ1) is 11.9. The van der Waals surface area contributed by atoms with Crippen molar-refractivity contribution >= 4 is 31.6 Å². The van der Waals surface area contributed by atoms with Crippen molar-refractivity contribution in [2.45, 2.75) is 13.0 Å². The predicted molar refractivity (Wildman–Crippen MR) is 67.4 cm³/mol. The molecule has 1 fully saturated rings. The molecule has 1 aliphatic heterocycles. The fraction of sp³-hybridized carbons (Fsp3) is 0.500. The monoisotopic (exact) mass is 304 g/mol. The van der Waals surface area contributed by atoms with Gasteiger partial charge in [0.1, 0.15) is 10.4 Å². The van der Waals surface area contributed by atoms with Crippen LogP contribution in [0, 0.1) is 0 Å². The molecule has 4 nitrogen and oxygen atoms in total. The number of sulfone groups is 1. The molecular formula is C10H13BrN2O2S. The van der Waals surface area contributed by atoms with E-state index >= 15 is 0 Å². The Hall–Kier alpha value is -0.620. The largest absolute Gasteiger partial charge is 0.352 e. The van der Waals surface area contributed by atoms with Crippen LogP contribution in [0.15, 0.2) is 22.8 Å². The quantitative estimate of drug-likeness (QED) is 0.737. The van der Waals surface area contributed by atoms with E-state index in [4.69, 9.17) is 0 Å². The van der Waals surface area contributed by atoms with E-state index in [1.807, 2.05) is 30.0 Å². The third-order valence-corrected chi connectivity index (χ3v) is 4.90. The molecule has 16 heavy (non-hydrogen) atoms. The lowest BCUT2D eigenvalue weighted by Crippen LogP contribution is -2.47. The summed E-state index contributed by atoms with van der Waals surface area (Å²) >= 11 is 3.32. The van der Waals surface area contributed by atoms with Crippen molar-refractivity contribution in [3.05, 3.63) is 22.8 Å². The lowest BCUT2D eigenvalue weighted by Gasteiger charge is -2.34. The third kappa shape index (κ3) is 2.55. The Kier molecular flexibility index (Phi) is 3.21. The Morgan fingerprint density at radius 1 is 1.50 bits per heavy atom. The zero-order chi connectivity index (χ0) is 11.8. The first-order valence-corrected chi connectivity index (χ1v) is 7.69. The number of rotatable bonds is 1. The van der Waals surface area contributed by atoms with Gasteiger partial charge >= 0.3 is 0 Å². The molecule has 0 amide bonds. The van der Waals surface area contributed by atoms with Gasteiger partial charge in [-0.1, -0.05) is 6.07 Å². The van der Waals surface area contributed by atoms with Gasteiger partial charge in [-0.25, -0.2) is 13.4 Å². The van der Waals surface area contributed by atoms with Crippen molar-refractivity contribution in [3.8, 4) is 0 Å². The number of nitrogens with zero attached hydrogens (tertiary/aromatic N) is 2. The van der Waals surface area contributed by atoms with Crippen LogP contribution in [0.3, 0.4) is 0 Å². The molecule has 1 aliphatic rings. The number of pyridine rings is 1. The maximum absolute atomic E-state index is 11.4. The van der Waals surface area contributed by atoms with Crippen LogP contribution in [-0.4, -0.2) is 37.5 Å². The van der Waals surface area contributed by atoms with Crippen LogP contribution in [-0.2, 0) is 9.84 Å². The van der Waals surface area contributed by atoms with Crippen LogP contribution < -0.4 is 4.90 Å². The molecule has 0 aromatic carbocycles. The van der Waals surface area contributed by atoms with Crippen molar-refractivity contribution in [1.29, 1.82) is 0 Å². The fourth-order valence-corrected chi connectivity index (χ4v) is 3.79. The van der Waals surface area contributed by atoms with E-state index in [1.54, 1.807) is 0 Å². The predicted octanol–water partition coefficient (Wildman–Crippen LogP) is 1.47. The Morgan fingerprint density at radius 2 is 2.25 bits per heavy atom. The third-order valence-electron chi connectivity index (χ3n) is 2.67. The van der Waals surface area contributed by atoms with Gasteiger partial charge in [-0.2, -0.15) is 0 Å². The average Bonchev–Trinajstić information content (AvgIpc) is 2.15. The van der Waals surface area contributed by atoms with Gasteiger partial charge in [-0.3, -0.25) is 0 Å². The van der Waals surface area contributed by atoms with Gasteiger partial charge in [-0.15, -0.1) is 0 Å². The molecule has 1 unspecified atom stereocenters. The summed E-state index contributed by atoms with van der Waals surface area (Å²) in [6.45, 7) is 2.44. The summed E-state index contributed by atoms with van der Waals surface area (Å²) < 4.78 is 23.7. The zero-order valence-electron chi connectivity index (χ0n) is 8.93. The summed E-state index contributed by atoms with van der Waals surface area (Å²) in [7, 11) is -2.86. The second-order valence-corrected chi connectivity index (χ2v) is 7.02. The molecule has 1 aromatic rings. The van der Waals surface area contributed by atoms with Crippen LogP contribution in [0.1, 0.15) is 6.92 Å². The topological polar surface area (TPSA) is 50.3 Å². The summed E-state index contributed by atoms with van der Waals surface area (Å²) in [5, 5.41) is 0. The van der Waals surface area contributed by atoms with Crippen LogP contribution in [0.4, 0.5) is 5.82 Å². The van der Waals surface area contributed by atoms with Gasteiger partial charge < -0.3 is 4.90 Å². The highest BCUT2D eigenvalue weighted by molar-refractivity contribution is 9.10. The Labute approximate surface area is 104 Å². The summed E-state index contributed by atoms with van der Waals surface area (Å²) in [5.74, 6) is 1.25. The van der Waals surface area contributed by atoms with Crippen molar-refractivity contribution < 1.29 is 8.42 Å². The van der Waals surface area contributed by atoms with Crippen molar-refractivity contribution in [1.82, 2.24) is 4.98 Å². The van der Waals surface area contributed by atoms with Crippen LogP contribution in [0.5, 0.6) is 0 Å². The van der Waals surface area contributed by atoms with Crippen molar-refractivity contribution in [2.24, 2.45) is 0 Å². The highest BCUT2D eigenvalue weighted by atomic mass is 79.9. The molecule has 1 atom stereocenters. The van der Waals surface area contributed by atoms with Crippen LogP contribution >= 0.6 is 15.9 Å². The van der Waals surface area contributed by atoms with Gasteiger partial charge in [0.2, 0.25) is 0 Å². The van der Waals surface area contributed by atoms with Crippen LogP contribution in [0.2, 0.25) is 0 Å². The van der Waals surface area contributed by atoms with E-state index < -0.39 is 9.84 Å². The second-order valence-electron chi connectivity index (χ2n) is 3.98. The molecule has 0 bridgehead atoms. The molecular weight excluding hydrogens is 292 g/mol. The maximum Gasteiger partial charge on any atom is 0.154 e. The van der Waals surface area contributed by atoms with Gasteiger partial charge in [0, 0.05) is 12.6 Å². The van der Waals surface area contributed by atoms with E-state index in [2.05, 4.69) is 20.9 Å². The van der Waals surface area contributed by atoms with Gasteiger partial charge in [0.05, 0.1) is 11.5 Å². The molecule has 88 valence electrons. The van der Waals surface area contributed by atoms with E-state index in [-0.39, 0.29) is 17.5 Å². The Balaban J connectivity index is 2.24. The zero-order valence-corrected chi connectivity index (χ0v) is 11.3. The molecule has 1 aromatic heterocycles. The van der Waals surface area contributed by atoms with E-state index in [0.717, 1.165) is 10.4 Å². The molecule has 0 radical (unpaired) electrons. The number of halogens is 1. The molecule has 0 N–H and O–H groups in total. The van der Waals surface area contributed by atoms with Gasteiger partial charge in [0.15, 0.2) is 9.84 Å². The highest BCUT2D eigenvalue weighted by Gasteiger charge is 2.28. The molecule has 2 heterocycles. The molecule has 0 aliphatic carbocycles. The number of anilines is 1. The fourth-order valence-electron chi connectivity index (χ4n) is 1.90. The number of hydrogen-bond acceptors (Lipinski definition) is 4. The van der Waals surface area contributed by atoms with E-state index in [9.17, 15) is 8.42 Å². The maximum atomic E-state index is 11.4. The normalized spacial score (nSPS) is 24.4. The van der Waals surface area contributed by atoms with Crippen LogP contribution in [0.25, 0.3) is 0 Å². The molecule has 0 spiro atoms. The van der Waals surface area contributed by atoms with Crippen molar-refractivity contribution in [2.75, 3.05) is 23.0 Å².